The summed E-state index contributed by atoms with van der Waals surface area (Å²) in [5.41, 5.74) is 1.26. The maximum atomic E-state index is 5.72. The zero-order valence-electron chi connectivity index (χ0n) is 14.0. The number of aliphatic imine (C=N–C) groups is 1. The van der Waals surface area contributed by atoms with E-state index in [1.54, 1.807) is 0 Å². The monoisotopic (exact) mass is 429 g/mol. The Kier molecular flexibility index (Phi) is 9.75. The van der Waals surface area contributed by atoms with Crippen LogP contribution in [0.1, 0.15) is 31.2 Å². The molecule has 0 heterocycles. The molecule has 0 saturated heterocycles. The van der Waals surface area contributed by atoms with E-state index in [0.717, 1.165) is 50.5 Å². The molecule has 23 heavy (non-hydrogen) atoms. The van der Waals surface area contributed by atoms with Gasteiger partial charge in [-0.3, -0.25) is 4.99 Å². The summed E-state index contributed by atoms with van der Waals surface area (Å²) < 4.78 is 5.72. The number of hydrogen-bond donors (Lipinski definition) is 2. The summed E-state index contributed by atoms with van der Waals surface area (Å²) >= 11 is 0. The van der Waals surface area contributed by atoms with E-state index in [1.807, 2.05) is 19.2 Å². The third-order valence-corrected chi connectivity index (χ3v) is 3.73. The topological polar surface area (TPSA) is 45.7 Å². The van der Waals surface area contributed by atoms with Gasteiger partial charge in [0.1, 0.15) is 5.75 Å². The van der Waals surface area contributed by atoms with E-state index >= 15 is 0 Å². The molecule has 2 rings (SSSR count). The van der Waals surface area contributed by atoms with Gasteiger partial charge in [-0.2, -0.15) is 0 Å². The SMILES string of the molecule is CN=C(NCCCCOc1ccc(C)cc1)NC1CC=CC1.I. The zero-order chi connectivity index (χ0) is 15.6. The Morgan fingerprint density at radius 2 is 1.87 bits per heavy atom. The van der Waals surface area contributed by atoms with Crippen LogP contribution < -0.4 is 15.4 Å². The Morgan fingerprint density at radius 1 is 1.17 bits per heavy atom. The molecule has 1 aromatic rings. The van der Waals surface area contributed by atoms with E-state index in [9.17, 15) is 0 Å². The molecule has 0 atom stereocenters. The Morgan fingerprint density at radius 3 is 2.52 bits per heavy atom. The molecular weight excluding hydrogens is 401 g/mol. The number of nitrogens with zero attached hydrogens (tertiary/aromatic N) is 1. The predicted octanol–water partition coefficient (Wildman–Crippen LogP) is 3.66. The fourth-order valence-corrected chi connectivity index (χ4v) is 2.38. The van der Waals surface area contributed by atoms with Crippen LogP contribution in [0.3, 0.4) is 0 Å². The molecule has 1 aromatic carbocycles. The first kappa shape index (κ1) is 19.8. The Bertz CT molecular complexity index is 491. The predicted molar refractivity (Wildman–Crippen MR) is 108 cm³/mol. The maximum absolute atomic E-state index is 5.72. The van der Waals surface area contributed by atoms with Crippen molar-refractivity contribution in [2.24, 2.45) is 4.99 Å². The Balaban J connectivity index is 0.00000264. The minimum atomic E-state index is 0. The summed E-state index contributed by atoms with van der Waals surface area (Å²) in [6.07, 6.45) is 8.70. The quantitative estimate of drug-likeness (QED) is 0.229. The second-order valence-corrected chi connectivity index (χ2v) is 5.65. The van der Waals surface area contributed by atoms with E-state index in [-0.39, 0.29) is 24.0 Å². The molecule has 0 amide bonds. The molecule has 5 heteroatoms. The van der Waals surface area contributed by atoms with Crippen LogP contribution >= 0.6 is 24.0 Å². The summed E-state index contributed by atoms with van der Waals surface area (Å²) in [5, 5.41) is 6.79. The molecule has 128 valence electrons. The molecule has 0 saturated carbocycles. The highest BCUT2D eigenvalue weighted by Gasteiger charge is 2.10. The van der Waals surface area contributed by atoms with Crippen molar-refractivity contribution in [1.82, 2.24) is 10.6 Å². The lowest BCUT2D eigenvalue weighted by Crippen LogP contribution is -2.42. The molecule has 0 fully saturated rings. The fraction of sp³-hybridized carbons (Fsp3) is 0.500. The number of ether oxygens (including phenoxy) is 1. The lowest BCUT2D eigenvalue weighted by Gasteiger charge is -2.16. The minimum absolute atomic E-state index is 0. The average molecular weight is 429 g/mol. The van der Waals surface area contributed by atoms with Gasteiger partial charge in [-0.25, -0.2) is 0 Å². The van der Waals surface area contributed by atoms with Crippen LogP contribution in [0.15, 0.2) is 41.4 Å². The van der Waals surface area contributed by atoms with Crippen molar-refractivity contribution in [3.05, 3.63) is 42.0 Å². The van der Waals surface area contributed by atoms with Crippen LogP contribution in [0.4, 0.5) is 0 Å². The summed E-state index contributed by atoms with van der Waals surface area (Å²) in [5.74, 6) is 1.85. The number of benzene rings is 1. The molecule has 0 bridgehead atoms. The maximum Gasteiger partial charge on any atom is 0.191 e. The van der Waals surface area contributed by atoms with E-state index in [1.165, 1.54) is 5.56 Å². The average Bonchev–Trinajstić information content (AvgIpc) is 3.04. The van der Waals surface area contributed by atoms with Crippen molar-refractivity contribution in [2.45, 2.75) is 38.6 Å². The molecule has 1 aliphatic rings. The van der Waals surface area contributed by atoms with E-state index in [4.69, 9.17) is 4.74 Å². The van der Waals surface area contributed by atoms with Crippen molar-refractivity contribution in [3.8, 4) is 5.75 Å². The van der Waals surface area contributed by atoms with Gasteiger partial charge in [0.15, 0.2) is 5.96 Å². The van der Waals surface area contributed by atoms with Gasteiger partial charge in [-0.1, -0.05) is 29.8 Å². The normalized spacial score (nSPS) is 14.4. The lowest BCUT2D eigenvalue weighted by molar-refractivity contribution is 0.307. The van der Waals surface area contributed by atoms with E-state index in [2.05, 4.69) is 46.8 Å². The van der Waals surface area contributed by atoms with Crippen molar-refractivity contribution < 1.29 is 4.74 Å². The number of nitrogens with one attached hydrogen (secondary N) is 2. The first-order valence-electron chi connectivity index (χ1n) is 8.09. The molecule has 0 radical (unpaired) electrons. The highest BCUT2D eigenvalue weighted by molar-refractivity contribution is 14.0. The van der Waals surface area contributed by atoms with Crippen LogP contribution in [0, 0.1) is 6.92 Å². The summed E-state index contributed by atoms with van der Waals surface area (Å²) in [4.78, 5) is 4.26. The van der Waals surface area contributed by atoms with Crippen molar-refractivity contribution in [1.29, 1.82) is 0 Å². The molecule has 0 aromatic heterocycles. The first-order chi connectivity index (χ1) is 10.8. The molecule has 0 spiro atoms. The largest absolute Gasteiger partial charge is 0.494 e. The summed E-state index contributed by atoms with van der Waals surface area (Å²) in [6, 6.07) is 8.69. The Hall–Kier alpha value is -1.24. The van der Waals surface area contributed by atoms with Crippen molar-refractivity contribution >= 4 is 29.9 Å². The van der Waals surface area contributed by atoms with Gasteiger partial charge in [0.2, 0.25) is 0 Å². The second kappa shape index (κ2) is 11.3. The molecule has 1 aliphatic carbocycles. The second-order valence-electron chi connectivity index (χ2n) is 5.65. The number of unbranched alkanes of at least 4 members (excludes halogenated alkanes) is 1. The van der Waals surface area contributed by atoms with Crippen LogP contribution in [-0.4, -0.2) is 32.2 Å². The van der Waals surface area contributed by atoms with Gasteiger partial charge < -0.3 is 15.4 Å². The fourth-order valence-electron chi connectivity index (χ4n) is 2.38. The third kappa shape index (κ3) is 7.72. The molecule has 4 nitrogen and oxygen atoms in total. The van der Waals surface area contributed by atoms with Crippen LogP contribution in [0.5, 0.6) is 5.75 Å². The summed E-state index contributed by atoms with van der Waals surface area (Å²) in [6.45, 7) is 3.75. The molecule has 0 unspecified atom stereocenters. The highest BCUT2D eigenvalue weighted by Crippen LogP contribution is 2.11. The van der Waals surface area contributed by atoms with Gasteiger partial charge >= 0.3 is 0 Å². The first-order valence-corrected chi connectivity index (χ1v) is 8.09. The van der Waals surface area contributed by atoms with Gasteiger partial charge in [0.25, 0.3) is 0 Å². The zero-order valence-corrected chi connectivity index (χ0v) is 16.4. The number of guanidine groups is 1. The van der Waals surface area contributed by atoms with Gasteiger partial charge in [0.05, 0.1) is 6.61 Å². The molecular formula is C18H28IN3O. The highest BCUT2D eigenvalue weighted by atomic mass is 127. The van der Waals surface area contributed by atoms with Crippen LogP contribution in [0.2, 0.25) is 0 Å². The minimum Gasteiger partial charge on any atom is -0.494 e. The lowest BCUT2D eigenvalue weighted by atomic mass is 10.2. The smallest absolute Gasteiger partial charge is 0.191 e. The van der Waals surface area contributed by atoms with Gasteiger partial charge in [-0.05, 0) is 44.7 Å². The number of hydrogen-bond acceptors (Lipinski definition) is 2. The van der Waals surface area contributed by atoms with E-state index < -0.39 is 0 Å². The van der Waals surface area contributed by atoms with Gasteiger partial charge in [-0.15, -0.1) is 24.0 Å². The van der Waals surface area contributed by atoms with Crippen molar-refractivity contribution in [2.75, 3.05) is 20.2 Å². The number of halogens is 1. The number of aryl methyl sites for hydroxylation is 1. The van der Waals surface area contributed by atoms with E-state index in [0.29, 0.717) is 6.04 Å². The third-order valence-electron chi connectivity index (χ3n) is 3.73. The van der Waals surface area contributed by atoms with Crippen LogP contribution in [-0.2, 0) is 0 Å². The number of rotatable bonds is 7. The standard InChI is InChI=1S/C18H27N3O.HI/c1-15-9-11-17(12-10-15)22-14-6-5-13-20-18(19-2)21-16-7-3-4-8-16;/h3-4,9-12,16H,5-8,13-14H2,1-2H3,(H2,19,20,21);1H. The van der Waals surface area contributed by atoms with Gasteiger partial charge in [0, 0.05) is 19.6 Å². The van der Waals surface area contributed by atoms with Crippen molar-refractivity contribution in [3.63, 3.8) is 0 Å². The Labute approximate surface area is 156 Å². The molecule has 0 aliphatic heterocycles. The molecule has 2 N–H and O–H groups in total. The van der Waals surface area contributed by atoms with Crippen LogP contribution in [0.25, 0.3) is 0 Å². The summed E-state index contributed by atoms with van der Waals surface area (Å²) in [7, 11) is 1.82.